The van der Waals surface area contributed by atoms with Crippen LogP contribution >= 0.6 is 27.3 Å². The molecule has 112 valence electrons. The molecule has 6 heteroatoms. The van der Waals surface area contributed by atoms with Crippen molar-refractivity contribution in [1.29, 1.82) is 0 Å². The summed E-state index contributed by atoms with van der Waals surface area (Å²) in [4.78, 5) is 4.49. The molecular weight excluding hydrogens is 362 g/mol. The fourth-order valence-corrected chi connectivity index (χ4v) is 3.36. The first-order valence-corrected chi connectivity index (χ1v) is 8.28. The lowest BCUT2D eigenvalue weighted by Crippen LogP contribution is -2.00. The molecule has 2 aromatic carbocycles. The molecule has 0 saturated heterocycles. The third-order valence-electron chi connectivity index (χ3n) is 3.18. The van der Waals surface area contributed by atoms with E-state index in [9.17, 15) is 0 Å². The standard InChI is InChI=1S/C16H14BrN3OS/c1-10(11-7-8-14(21-2)12(17)9-11)19-20-16-18-13-5-3-4-6-15(13)22-16/h3-9H,1-2H3,(H,18,20)/b19-10-. The lowest BCUT2D eigenvalue weighted by molar-refractivity contribution is 0.412. The molecule has 3 rings (SSSR count). The summed E-state index contributed by atoms with van der Waals surface area (Å²) in [5.74, 6) is 0.802. The van der Waals surface area contributed by atoms with Crippen molar-refractivity contribution < 1.29 is 4.74 Å². The number of ether oxygens (including phenoxy) is 1. The van der Waals surface area contributed by atoms with Crippen LogP contribution in [0.4, 0.5) is 5.13 Å². The Labute approximate surface area is 141 Å². The average Bonchev–Trinajstić information content (AvgIpc) is 2.95. The molecule has 4 nitrogen and oxygen atoms in total. The average molecular weight is 376 g/mol. The number of fused-ring (bicyclic) bond motifs is 1. The van der Waals surface area contributed by atoms with E-state index in [0.29, 0.717) is 0 Å². The van der Waals surface area contributed by atoms with Gasteiger partial charge in [-0.15, -0.1) is 0 Å². The number of hydrazone groups is 1. The highest BCUT2D eigenvalue weighted by atomic mass is 79.9. The maximum Gasteiger partial charge on any atom is 0.204 e. The van der Waals surface area contributed by atoms with Gasteiger partial charge in [-0.05, 0) is 58.7 Å². The van der Waals surface area contributed by atoms with E-state index in [1.165, 1.54) is 0 Å². The molecule has 1 aromatic heterocycles. The third kappa shape index (κ3) is 3.13. The van der Waals surface area contributed by atoms with Crippen LogP contribution in [0.15, 0.2) is 52.0 Å². The topological polar surface area (TPSA) is 46.5 Å². The first-order chi connectivity index (χ1) is 10.7. The molecule has 1 heterocycles. The van der Waals surface area contributed by atoms with Gasteiger partial charge in [0.25, 0.3) is 0 Å². The highest BCUT2D eigenvalue weighted by Crippen LogP contribution is 2.27. The van der Waals surface area contributed by atoms with Crippen molar-refractivity contribution >= 4 is 48.3 Å². The van der Waals surface area contributed by atoms with Gasteiger partial charge in [-0.1, -0.05) is 23.5 Å². The predicted molar refractivity (Wildman–Crippen MR) is 96.1 cm³/mol. The molecule has 22 heavy (non-hydrogen) atoms. The summed E-state index contributed by atoms with van der Waals surface area (Å²) in [7, 11) is 1.65. The second kappa shape index (κ2) is 6.46. The molecule has 0 saturated carbocycles. The van der Waals surface area contributed by atoms with E-state index in [2.05, 4.69) is 37.5 Å². The van der Waals surface area contributed by atoms with Crippen LogP contribution in [0, 0.1) is 0 Å². The SMILES string of the molecule is COc1ccc(/C(C)=N\Nc2nc3ccccc3s2)cc1Br. The Morgan fingerprint density at radius 2 is 2.09 bits per heavy atom. The lowest BCUT2D eigenvalue weighted by Gasteiger charge is -2.06. The molecule has 0 spiro atoms. The van der Waals surface area contributed by atoms with Gasteiger partial charge in [0.15, 0.2) is 0 Å². The Balaban J connectivity index is 1.80. The highest BCUT2D eigenvalue weighted by Gasteiger charge is 2.05. The van der Waals surface area contributed by atoms with E-state index in [-0.39, 0.29) is 0 Å². The summed E-state index contributed by atoms with van der Waals surface area (Å²) in [6, 6.07) is 13.9. The number of nitrogens with zero attached hydrogens (tertiary/aromatic N) is 2. The van der Waals surface area contributed by atoms with Gasteiger partial charge in [0.1, 0.15) is 5.75 Å². The maximum absolute atomic E-state index is 5.23. The lowest BCUT2D eigenvalue weighted by atomic mass is 10.1. The molecule has 0 amide bonds. The van der Waals surface area contributed by atoms with Crippen molar-refractivity contribution in [3.8, 4) is 5.75 Å². The highest BCUT2D eigenvalue weighted by molar-refractivity contribution is 9.10. The number of methoxy groups -OCH3 is 1. The zero-order valence-corrected chi connectivity index (χ0v) is 14.5. The van der Waals surface area contributed by atoms with E-state index in [1.54, 1.807) is 18.4 Å². The fourth-order valence-electron chi connectivity index (χ4n) is 2.01. The van der Waals surface area contributed by atoms with Gasteiger partial charge in [0, 0.05) is 0 Å². The van der Waals surface area contributed by atoms with Crippen LogP contribution in [0.3, 0.4) is 0 Å². The van der Waals surface area contributed by atoms with Gasteiger partial charge in [-0.2, -0.15) is 5.10 Å². The molecule has 3 aromatic rings. The minimum Gasteiger partial charge on any atom is -0.496 e. The number of halogens is 1. The van der Waals surface area contributed by atoms with Crippen LogP contribution in [0.1, 0.15) is 12.5 Å². The van der Waals surface area contributed by atoms with Crippen LogP contribution in [-0.4, -0.2) is 17.8 Å². The van der Waals surface area contributed by atoms with Crippen molar-refractivity contribution in [3.63, 3.8) is 0 Å². The number of para-hydroxylation sites is 1. The molecule has 0 bridgehead atoms. The monoisotopic (exact) mass is 375 g/mol. The van der Waals surface area contributed by atoms with Gasteiger partial charge in [-0.3, -0.25) is 5.43 Å². The first kappa shape index (κ1) is 15.0. The van der Waals surface area contributed by atoms with Gasteiger partial charge in [-0.25, -0.2) is 4.98 Å². The number of hydrogen-bond acceptors (Lipinski definition) is 5. The van der Waals surface area contributed by atoms with Gasteiger partial charge in [0.2, 0.25) is 5.13 Å². The minimum atomic E-state index is 0.785. The fraction of sp³-hybridized carbons (Fsp3) is 0.125. The summed E-state index contributed by atoms with van der Waals surface area (Å²) < 4.78 is 7.28. The number of benzene rings is 2. The summed E-state index contributed by atoms with van der Waals surface area (Å²) in [5, 5.41) is 5.19. The predicted octanol–water partition coefficient (Wildman–Crippen LogP) is 4.90. The van der Waals surface area contributed by atoms with Crippen molar-refractivity contribution in [2.45, 2.75) is 6.92 Å². The zero-order valence-electron chi connectivity index (χ0n) is 12.1. The minimum absolute atomic E-state index is 0.785. The molecule has 0 aliphatic carbocycles. The van der Waals surface area contributed by atoms with Crippen molar-refractivity contribution in [1.82, 2.24) is 4.98 Å². The van der Waals surface area contributed by atoms with E-state index in [0.717, 1.165) is 36.8 Å². The first-order valence-electron chi connectivity index (χ1n) is 6.67. The Kier molecular flexibility index (Phi) is 4.40. The molecule has 0 aliphatic rings. The van der Waals surface area contributed by atoms with Gasteiger partial charge < -0.3 is 4.74 Å². The van der Waals surface area contributed by atoms with Crippen LogP contribution in [0.2, 0.25) is 0 Å². The third-order valence-corrected chi connectivity index (χ3v) is 4.74. The molecule has 0 radical (unpaired) electrons. The molecular formula is C16H14BrN3OS. The Morgan fingerprint density at radius 3 is 2.82 bits per heavy atom. The molecule has 0 aliphatic heterocycles. The number of thiazole rings is 1. The van der Waals surface area contributed by atoms with Gasteiger partial charge in [0.05, 0.1) is 27.5 Å². The second-order valence-electron chi connectivity index (χ2n) is 4.65. The smallest absolute Gasteiger partial charge is 0.204 e. The number of hydrogen-bond donors (Lipinski definition) is 1. The molecule has 1 N–H and O–H groups in total. The van der Waals surface area contributed by atoms with Crippen molar-refractivity contribution in [2.24, 2.45) is 5.10 Å². The summed E-state index contributed by atoms with van der Waals surface area (Å²) in [5.41, 5.74) is 5.90. The van der Waals surface area contributed by atoms with Crippen molar-refractivity contribution in [2.75, 3.05) is 12.5 Å². The second-order valence-corrected chi connectivity index (χ2v) is 6.53. The van der Waals surface area contributed by atoms with E-state index >= 15 is 0 Å². The van der Waals surface area contributed by atoms with E-state index in [4.69, 9.17) is 4.74 Å². The van der Waals surface area contributed by atoms with Crippen LogP contribution in [0.5, 0.6) is 5.75 Å². The number of nitrogens with one attached hydrogen (secondary N) is 1. The summed E-state index contributed by atoms with van der Waals surface area (Å²) in [6.45, 7) is 1.95. The Hall–Kier alpha value is -1.92. The maximum atomic E-state index is 5.23. The largest absolute Gasteiger partial charge is 0.496 e. The summed E-state index contributed by atoms with van der Waals surface area (Å²) >= 11 is 5.07. The zero-order chi connectivity index (χ0) is 15.5. The Morgan fingerprint density at radius 1 is 1.27 bits per heavy atom. The Bertz CT molecular complexity index is 811. The number of rotatable bonds is 4. The normalized spacial score (nSPS) is 11.7. The molecule has 0 fully saturated rings. The summed E-state index contributed by atoms with van der Waals surface area (Å²) in [6.07, 6.45) is 0. The molecule has 0 unspecified atom stereocenters. The van der Waals surface area contributed by atoms with Crippen molar-refractivity contribution in [3.05, 3.63) is 52.5 Å². The van der Waals surface area contributed by atoms with E-state index in [1.807, 2.05) is 43.3 Å². The van der Waals surface area contributed by atoms with E-state index < -0.39 is 0 Å². The van der Waals surface area contributed by atoms with Crippen LogP contribution < -0.4 is 10.2 Å². The number of aromatic nitrogens is 1. The molecule has 0 atom stereocenters. The van der Waals surface area contributed by atoms with Crippen LogP contribution in [0.25, 0.3) is 10.2 Å². The van der Waals surface area contributed by atoms with Crippen LogP contribution in [-0.2, 0) is 0 Å². The van der Waals surface area contributed by atoms with Gasteiger partial charge >= 0.3 is 0 Å². The number of anilines is 1. The quantitative estimate of drug-likeness (QED) is 0.520.